The molecule has 2 aromatic carbocycles. The van der Waals surface area contributed by atoms with Crippen LogP contribution in [-0.4, -0.2) is 33.3 Å². The second kappa shape index (κ2) is 9.76. The maximum atomic E-state index is 11.1. The summed E-state index contributed by atoms with van der Waals surface area (Å²) in [7, 11) is 0. The number of hydrogen-bond acceptors (Lipinski definition) is 5. The number of carboxylic acid groups (broad SMARTS) is 1. The number of hydrogen-bond donors (Lipinski definition) is 2. The van der Waals surface area contributed by atoms with Crippen molar-refractivity contribution in [2.45, 2.75) is 39.5 Å². The van der Waals surface area contributed by atoms with Gasteiger partial charge in [-0.3, -0.25) is 4.99 Å². The van der Waals surface area contributed by atoms with Crippen molar-refractivity contribution < 1.29 is 15.0 Å². The number of carboxylic acids is 1. The highest BCUT2D eigenvalue weighted by Crippen LogP contribution is 2.39. The summed E-state index contributed by atoms with van der Waals surface area (Å²) in [6.45, 7) is 8.73. The molecule has 1 aromatic heterocycles. The predicted molar refractivity (Wildman–Crippen MR) is 137 cm³/mol. The lowest BCUT2D eigenvalue weighted by Crippen LogP contribution is -2.10. The zero-order valence-corrected chi connectivity index (χ0v) is 20.3. The topological polar surface area (TPSA) is 69.9 Å². The van der Waals surface area contributed by atoms with Gasteiger partial charge in [0.05, 0.1) is 17.0 Å². The number of nitrogens with zero attached hydrogens (tertiary/aromatic N) is 1. The number of benzene rings is 2. The Bertz CT molecular complexity index is 1170. The first kappa shape index (κ1) is 23.8. The molecule has 0 unspecified atom stereocenters. The van der Waals surface area contributed by atoms with Crippen molar-refractivity contribution in [2.24, 2.45) is 4.99 Å². The zero-order valence-electron chi connectivity index (χ0n) is 18.7. The van der Waals surface area contributed by atoms with Gasteiger partial charge in [0.1, 0.15) is 5.75 Å². The molecule has 2 N–H and O–H groups in total. The molecule has 0 atom stereocenters. The Labute approximate surface area is 198 Å². The van der Waals surface area contributed by atoms with Gasteiger partial charge in [0.15, 0.2) is 0 Å². The zero-order chi connectivity index (χ0) is 23.5. The van der Waals surface area contributed by atoms with E-state index >= 15 is 0 Å². The lowest BCUT2D eigenvalue weighted by atomic mass is 9.86. The van der Waals surface area contributed by atoms with Gasteiger partial charge in [-0.25, -0.2) is 4.79 Å². The van der Waals surface area contributed by atoms with Gasteiger partial charge >= 0.3 is 5.97 Å². The number of rotatable bonds is 7. The first-order valence-corrected chi connectivity index (χ1v) is 11.6. The second-order valence-corrected chi connectivity index (χ2v) is 10.2. The van der Waals surface area contributed by atoms with E-state index in [1.54, 1.807) is 18.2 Å². The van der Waals surface area contributed by atoms with E-state index in [9.17, 15) is 9.90 Å². The normalized spacial score (nSPS) is 12.1. The first-order chi connectivity index (χ1) is 15.1. The van der Waals surface area contributed by atoms with Gasteiger partial charge in [-0.15, -0.1) is 11.3 Å². The fourth-order valence-electron chi connectivity index (χ4n) is 3.32. The molecular weight excluding hydrogens is 438 g/mol. The molecule has 166 valence electrons. The Kier molecular flexibility index (Phi) is 7.26. The quantitative estimate of drug-likeness (QED) is 0.307. The van der Waals surface area contributed by atoms with Crippen molar-refractivity contribution in [3.05, 3.63) is 76.2 Å². The van der Waals surface area contributed by atoms with Crippen LogP contribution in [0.25, 0.3) is 10.4 Å². The highest BCUT2D eigenvalue weighted by molar-refractivity contribution is 7.80. The second-order valence-electron chi connectivity index (χ2n) is 8.78. The molecule has 0 saturated carbocycles. The van der Waals surface area contributed by atoms with Crippen LogP contribution < -0.4 is 0 Å². The molecule has 3 rings (SSSR count). The third kappa shape index (κ3) is 5.69. The van der Waals surface area contributed by atoms with Crippen molar-refractivity contribution in [3.63, 3.8) is 0 Å². The van der Waals surface area contributed by atoms with Crippen molar-refractivity contribution in [1.29, 1.82) is 0 Å². The molecule has 0 aliphatic carbocycles. The van der Waals surface area contributed by atoms with Crippen LogP contribution in [0.3, 0.4) is 0 Å². The van der Waals surface area contributed by atoms with E-state index < -0.39 is 5.97 Å². The highest BCUT2D eigenvalue weighted by Gasteiger charge is 2.17. The van der Waals surface area contributed by atoms with E-state index in [1.165, 1.54) is 16.9 Å². The van der Waals surface area contributed by atoms with E-state index in [-0.39, 0.29) is 16.7 Å². The van der Waals surface area contributed by atoms with Gasteiger partial charge in [-0.1, -0.05) is 69.4 Å². The minimum Gasteiger partial charge on any atom is -0.506 e. The number of aromatic hydroxyl groups is 1. The largest absolute Gasteiger partial charge is 0.506 e. The molecule has 0 radical (unpaired) electrons. The van der Waals surface area contributed by atoms with Crippen LogP contribution in [0.4, 0.5) is 0 Å². The lowest BCUT2D eigenvalue weighted by Gasteiger charge is -2.19. The molecule has 0 amide bonds. The molecule has 6 heteroatoms. The number of thiocarbonyl (C=S) groups is 1. The molecule has 0 aliphatic rings. The summed E-state index contributed by atoms with van der Waals surface area (Å²) in [5, 5.41) is 21.9. The highest BCUT2D eigenvalue weighted by atomic mass is 32.1. The third-order valence-electron chi connectivity index (χ3n) is 5.24. The van der Waals surface area contributed by atoms with Crippen LogP contribution in [0.2, 0.25) is 0 Å². The monoisotopic (exact) mass is 465 g/mol. The van der Waals surface area contributed by atoms with Crippen LogP contribution >= 0.6 is 23.6 Å². The Morgan fingerprint density at radius 3 is 2.44 bits per heavy atom. The number of thiophene rings is 1. The Balaban J connectivity index is 1.71. The average Bonchev–Trinajstić information content (AvgIpc) is 3.13. The van der Waals surface area contributed by atoms with Gasteiger partial charge in [0.2, 0.25) is 0 Å². The molecule has 1 heterocycles. The minimum atomic E-state index is -0.955. The van der Waals surface area contributed by atoms with Gasteiger partial charge < -0.3 is 10.2 Å². The van der Waals surface area contributed by atoms with E-state index in [1.807, 2.05) is 30.5 Å². The average molecular weight is 466 g/mol. The first-order valence-electron chi connectivity index (χ1n) is 10.3. The van der Waals surface area contributed by atoms with Crippen molar-refractivity contribution in [3.8, 4) is 16.2 Å². The van der Waals surface area contributed by atoms with E-state index in [0.29, 0.717) is 23.4 Å². The maximum absolute atomic E-state index is 11.1. The molecule has 0 aliphatic heterocycles. The van der Waals surface area contributed by atoms with Crippen LogP contribution in [-0.2, 0) is 11.8 Å². The van der Waals surface area contributed by atoms with Gasteiger partial charge in [0, 0.05) is 27.9 Å². The van der Waals surface area contributed by atoms with Gasteiger partial charge in [-0.05, 0) is 41.2 Å². The van der Waals surface area contributed by atoms with Gasteiger partial charge in [-0.2, -0.15) is 0 Å². The molecule has 0 saturated heterocycles. The Morgan fingerprint density at radius 1 is 1.12 bits per heavy atom. The molecule has 32 heavy (non-hydrogen) atoms. The molecule has 0 spiro atoms. The van der Waals surface area contributed by atoms with E-state index in [2.05, 4.69) is 37.9 Å². The fourth-order valence-corrected chi connectivity index (χ4v) is 4.57. The fraction of sp³-hybridized carbons (Fsp3) is 0.269. The predicted octanol–water partition coefficient (Wildman–Crippen LogP) is 6.54. The van der Waals surface area contributed by atoms with Crippen molar-refractivity contribution in [1.82, 2.24) is 0 Å². The summed E-state index contributed by atoms with van der Waals surface area (Å²) in [4.78, 5) is 17.2. The third-order valence-corrected chi connectivity index (χ3v) is 6.53. The van der Waals surface area contributed by atoms with Crippen LogP contribution in [0.15, 0.2) is 58.9 Å². The summed E-state index contributed by atoms with van der Waals surface area (Å²) >= 11 is 6.95. The van der Waals surface area contributed by atoms with Crippen molar-refractivity contribution >= 4 is 40.1 Å². The van der Waals surface area contributed by atoms with E-state index in [4.69, 9.17) is 17.3 Å². The Hall–Kier alpha value is -2.83. The molecule has 0 bridgehead atoms. The van der Waals surface area contributed by atoms with Crippen LogP contribution in [0.1, 0.15) is 54.7 Å². The Morgan fingerprint density at radius 2 is 1.81 bits per heavy atom. The maximum Gasteiger partial charge on any atom is 0.335 e. The summed E-state index contributed by atoms with van der Waals surface area (Å²) < 4.78 is 0. The van der Waals surface area contributed by atoms with Crippen LogP contribution in [0.5, 0.6) is 5.75 Å². The molecule has 4 nitrogen and oxygen atoms in total. The van der Waals surface area contributed by atoms with Crippen molar-refractivity contribution in [2.75, 3.05) is 6.54 Å². The van der Waals surface area contributed by atoms with E-state index in [0.717, 1.165) is 21.7 Å². The SMILES string of the molecule is CC(=NCC(=S)Cc1cccc(C(=O)O)c1)c1csc(-c2ccc(C(C)(C)C)cc2)c1O. The molecular formula is C26H27NO3S2. The minimum absolute atomic E-state index is 0.0811. The summed E-state index contributed by atoms with van der Waals surface area (Å²) in [6, 6.07) is 15.1. The summed E-state index contributed by atoms with van der Waals surface area (Å²) in [6.07, 6.45) is 0.480. The summed E-state index contributed by atoms with van der Waals surface area (Å²) in [5.74, 6) is -0.719. The molecule has 3 aromatic rings. The molecule has 0 fully saturated rings. The number of aliphatic imine (C=N–C) groups is 1. The number of carbonyl (C=O) groups is 1. The summed E-state index contributed by atoms with van der Waals surface area (Å²) in [5.41, 5.74) is 4.83. The van der Waals surface area contributed by atoms with Gasteiger partial charge in [0.25, 0.3) is 0 Å². The lowest BCUT2D eigenvalue weighted by molar-refractivity contribution is 0.0696. The smallest absolute Gasteiger partial charge is 0.335 e. The number of aromatic carboxylic acids is 1. The standard InChI is InChI=1S/C26H27NO3S2/c1-16(27-14-21(31)13-17-6-5-7-19(12-17)25(29)30)22-15-32-24(23(22)28)18-8-10-20(11-9-18)26(2,3)4/h5-12,15,28H,13-14H2,1-4H3,(H,29,30). The van der Waals surface area contributed by atoms with Crippen LogP contribution in [0, 0.1) is 0 Å².